The van der Waals surface area contributed by atoms with E-state index < -0.39 is 0 Å². The van der Waals surface area contributed by atoms with E-state index in [1.165, 1.54) is 11.1 Å². The van der Waals surface area contributed by atoms with Gasteiger partial charge in [0.2, 0.25) is 0 Å². The quantitative estimate of drug-likeness (QED) is 0.886. The van der Waals surface area contributed by atoms with Gasteiger partial charge in [-0.15, -0.1) is 0 Å². The van der Waals surface area contributed by atoms with E-state index in [1.807, 2.05) is 30.3 Å². The first-order valence-electron chi connectivity index (χ1n) is 6.74. The second-order valence-corrected chi connectivity index (χ2v) is 5.13. The maximum atomic E-state index is 9.08. The topological polar surface area (TPSA) is 29.5 Å². The highest BCUT2D eigenvalue weighted by atomic mass is 16.5. The van der Waals surface area contributed by atoms with Crippen molar-refractivity contribution in [1.82, 2.24) is 0 Å². The van der Waals surface area contributed by atoms with Crippen LogP contribution in [0.4, 0.5) is 0 Å². The van der Waals surface area contributed by atoms with Crippen molar-refractivity contribution in [3.05, 3.63) is 65.7 Å². The number of benzene rings is 2. The number of rotatable bonds is 5. The molecule has 0 amide bonds. The summed E-state index contributed by atoms with van der Waals surface area (Å²) in [7, 11) is 0. The van der Waals surface area contributed by atoms with Crippen molar-refractivity contribution in [1.29, 1.82) is 0 Å². The minimum Gasteiger partial charge on any atom is -0.489 e. The summed E-state index contributed by atoms with van der Waals surface area (Å²) >= 11 is 0. The van der Waals surface area contributed by atoms with Crippen molar-refractivity contribution in [3.8, 4) is 5.75 Å². The lowest BCUT2D eigenvalue weighted by Crippen LogP contribution is -1.95. The highest BCUT2D eigenvalue weighted by Gasteiger charge is 2.37. The van der Waals surface area contributed by atoms with Crippen LogP contribution in [-0.2, 0) is 6.61 Å². The summed E-state index contributed by atoms with van der Waals surface area (Å²) in [6.45, 7) is 0.903. The molecule has 3 rings (SSSR count). The Kier molecular flexibility index (Phi) is 3.51. The standard InChI is InChI=1S/C17H18O2/c18-11-15-10-17(15)14-6-8-16(9-7-14)19-12-13-4-2-1-3-5-13/h1-9,15,17-18H,10-12H2/t15-,17+/m1/s1. The molecule has 0 saturated heterocycles. The molecule has 0 bridgehead atoms. The summed E-state index contributed by atoms with van der Waals surface area (Å²) in [6.07, 6.45) is 1.11. The summed E-state index contributed by atoms with van der Waals surface area (Å²) in [5.74, 6) is 1.91. The lowest BCUT2D eigenvalue weighted by molar-refractivity contribution is 0.274. The highest BCUT2D eigenvalue weighted by Crippen LogP contribution is 2.47. The first-order valence-corrected chi connectivity index (χ1v) is 6.74. The lowest BCUT2D eigenvalue weighted by atomic mass is 10.1. The Morgan fingerprint density at radius 3 is 2.37 bits per heavy atom. The molecule has 0 radical (unpaired) electrons. The second-order valence-electron chi connectivity index (χ2n) is 5.13. The Labute approximate surface area is 113 Å². The third kappa shape index (κ3) is 2.96. The molecular formula is C17H18O2. The largest absolute Gasteiger partial charge is 0.489 e. The molecule has 0 aliphatic heterocycles. The molecule has 0 spiro atoms. The zero-order valence-electron chi connectivity index (χ0n) is 10.8. The Morgan fingerprint density at radius 2 is 1.74 bits per heavy atom. The minimum atomic E-state index is 0.303. The molecule has 1 fully saturated rings. The van der Waals surface area contributed by atoms with Crippen LogP contribution in [0, 0.1) is 5.92 Å². The number of hydrogen-bond donors (Lipinski definition) is 1. The van der Waals surface area contributed by atoms with Crippen molar-refractivity contribution in [2.75, 3.05) is 6.61 Å². The molecular weight excluding hydrogens is 236 g/mol. The summed E-state index contributed by atoms with van der Waals surface area (Å²) < 4.78 is 5.75. The van der Waals surface area contributed by atoms with E-state index in [2.05, 4.69) is 24.3 Å². The van der Waals surface area contributed by atoms with Gasteiger partial charge < -0.3 is 9.84 Å². The first kappa shape index (κ1) is 12.2. The molecule has 2 aromatic rings. The summed E-state index contributed by atoms with van der Waals surface area (Å²) in [5, 5.41) is 9.08. The SMILES string of the molecule is OC[C@H]1C[C@H]1c1ccc(OCc2ccccc2)cc1. The predicted molar refractivity (Wildman–Crippen MR) is 75.1 cm³/mol. The van der Waals surface area contributed by atoms with Gasteiger partial charge in [0.05, 0.1) is 0 Å². The van der Waals surface area contributed by atoms with Crippen molar-refractivity contribution in [2.24, 2.45) is 5.92 Å². The van der Waals surface area contributed by atoms with E-state index in [0.29, 0.717) is 25.0 Å². The fourth-order valence-corrected chi connectivity index (χ4v) is 2.41. The van der Waals surface area contributed by atoms with Crippen molar-refractivity contribution >= 4 is 0 Å². The molecule has 2 heteroatoms. The van der Waals surface area contributed by atoms with E-state index in [-0.39, 0.29) is 0 Å². The van der Waals surface area contributed by atoms with Gasteiger partial charge in [-0.2, -0.15) is 0 Å². The third-order valence-electron chi connectivity index (χ3n) is 3.71. The van der Waals surface area contributed by atoms with Gasteiger partial charge in [-0.25, -0.2) is 0 Å². The van der Waals surface area contributed by atoms with E-state index in [0.717, 1.165) is 12.2 Å². The average Bonchev–Trinajstić information content (AvgIpc) is 3.26. The van der Waals surface area contributed by atoms with Crippen LogP contribution in [-0.4, -0.2) is 11.7 Å². The van der Waals surface area contributed by atoms with Gasteiger partial charge in [0.1, 0.15) is 12.4 Å². The van der Waals surface area contributed by atoms with E-state index >= 15 is 0 Å². The molecule has 1 aliphatic rings. The third-order valence-corrected chi connectivity index (χ3v) is 3.71. The fraction of sp³-hybridized carbons (Fsp3) is 0.294. The highest BCUT2D eigenvalue weighted by molar-refractivity contribution is 5.32. The fourth-order valence-electron chi connectivity index (χ4n) is 2.41. The number of aliphatic hydroxyl groups excluding tert-OH is 1. The predicted octanol–water partition coefficient (Wildman–Crippen LogP) is 3.36. The van der Waals surface area contributed by atoms with Gasteiger partial charge >= 0.3 is 0 Å². The molecule has 0 heterocycles. The van der Waals surface area contributed by atoms with Gasteiger partial charge in [-0.3, -0.25) is 0 Å². The van der Waals surface area contributed by atoms with E-state index in [4.69, 9.17) is 9.84 Å². The molecule has 1 aliphatic carbocycles. The van der Waals surface area contributed by atoms with Crippen LogP contribution in [0.15, 0.2) is 54.6 Å². The molecule has 19 heavy (non-hydrogen) atoms. The zero-order chi connectivity index (χ0) is 13.1. The van der Waals surface area contributed by atoms with Crippen LogP contribution >= 0.6 is 0 Å². The molecule has 2 aromatic carbocycles. The average molecular weight is 254 g/mol. The van der Waals surface area contributed by atoms with Crippen LogP contribution in [0.5, 0.6) is 5.75 Å². The Hall–Kier alpha value is -1.80. The van der Waals surface area contributed by atoms with Crippen LogP contribution < -0.4 is 4.74 Å². The molecule has 0 unspecified atom stereocenters. The van der Waals surface area contributed by atoms with Gasteiger partial charge in [-0.1, -0.05) is 42.5 Å². The van der Waals surface area contributed by atoms with Crippen LogP contribution in [0.2, 0.25) is 0 Å². The number of ether oxygens (including phenoxy) is 1. The van der Waals surface area contributed by atoms with Gasteiger partial charge in [0.25, 0.3) is 0 Å². The second kappa shape index (κ2) is 5.45. The smallest absolute Gasteiger partial charge is 0.119 e. The number of hydrogen-bond acceptors (Lipinski definition) is 2. The zero-order valence-corrected chi connectivity index (χ0v) is 10.8. The minimum absolute atomic E-state index is 0.303. The molecule has 2 nitrogen and oxygen atoms in total. The van der Waals surface area contributed by atoms with Gasteiger partial charge in [0, 0.05) is 6.61 Å². The summed E-state index contributed by atoms with van der Waals surface area (Å²) in [5.41, 5.74) is 2.49. The molecule has 1 saturated carbocycles. The Bertz CT molecular complexity index is 519. The number of aliphatic hydroxyl groups is 1. The maximum absolute atomic E-state index is 9.08. The molecule has 98 valence electrons. The molecule has 1 N–H and O–H groups in total. The Morgan fingerprint density at radius 1 is 1.00 bits per heavy atom. The van der Waals surface area contributed by atoms with E-state index in [9.17, 15) is 0 Å². The van der Waals surface area contributed by atoms with Crippen LogP contribution in [0.25, 0.3) is 0 Å². The maximum Gasteiger partial charge on any atom is 0.119 e. The van der Waals surface area contributed by atoms with Crippen molar-refractivity contribution in [2.45, 2.75) is 18.9 Å². The first-order chi connectivity index (χ1) is 9.36. The molecule has 2 atom stereocenters. The van der Waals surface area contributed by atoms with Crippen LogP contribution in [0.3, 0.4) is 0 Å². The van der Waals surface area contributed by atoms with Crippen molar-refractivity contribution in [3.63, 3.8) is 0 Å². The normalized spacial score (nSPS) is 21.1. The summed E-state index contributed by atoms with van der Waals surface area (Å²) in [4.78, 5) is 0. The van der Waals surface area contributed by atoms with Crippen LogP contribution in [0.1, 0.15) is 23.5 Å². The molecule has 0 aromatic heterocycles. The van der Waals surface area contributed by atoms with Gasteiger partial charge in [-0.05, 0) is 41.5 Å². The van der Waals surface area contributed by atoms with E-state index in [1.54, 1.807) is 0 Å². The lowest BCUT2D eigenvalue weighted by Gasteiger charge is -2.07. The monoisotopic (exact) mass is 254 g/mol. The van der Waals surface area contributed by atoms with Crippen molar-refractivity contribution < 1.29 is 9.84 Å². The Balaban J connectivity index is 1.58. The van der Waals surface area contributed by atoms with Gasteiger partial charge in [0.15, 0.2) is 0 Å². The summed E-state index contributed by atoms with van der Waals surface area (Å²) in [6, 6.07) is 18.4.